The zero-order valence-corrected chi connectivity index (χ0v) is 13.6. The maximum atomic E-state index is 12.2. The molecule has 1 aliphatic heterocycles. The molecular weight excluding hydrogens is 326 g/mol. The number of carbonyl (C=O) groups is 3. The lowest BCUT2D eigenvalue weighted by Crippen LogP contribution is -2.86. The van der Waals surface area contributed by atoms with Crippen molar-refractivity contribution in [1.29, 1.82) is 0 Å². The van der Waals surface area contributed by atoms with Gasteiger partial charge in [0.25, 0.3) is 0 Å². The van der Waals surface area contributed by atoms with Crippen LogP contribution in [0.1, 0.15) is 20.8 Å². The zero-order valence-electron chi connectivity index (χ0n) is 13.6. The molecule has 0 saturated carbocycles. The van der Waals surface area contributed by atoms with Crippen LogP contribution < -0.4 is 0 Å². The normalized spacial score (nSPS) is 39.0. The number of ether oxygens (including phenoxy) is 2. The molecule has 0 aromatic carbocycles. The van der Waals surface area contributed by atoms with Crippen molar-refractivity contribution in [1.82, 2.24) is 0 Å². The molecule has 0 spiro atoms. The molecule has 24 heavy (non-hydrogen) atoms. The molecule has 1 saturated heterocycles. The van der Waals surface area contributed by atoms with Crippen LogP contribution in [0.4, 0.5) is 0 Å². The van der Waals surface area contributed by atoms with Crippen LogP contribution in [0.2, 0.25) is 0 Å². The molecule has 1 rings (SSSR count). The van der Waals surface area contributed by atoms with Gasteiger partial charge in [0, 0.05) is 12.0 Å². The average Bonchev–Trinajstić information content (AvgIpc) is 2.51. The minimum Gasteiger partial charge on any atom is -0.376 e. The van der Waals surface area contributed by atoms with Gasteiger partial charge in [-0.05, 0) is 26.3 Å². The third-order valence-electron chi connectivity index (χ3n) is 4.31. The fourth-order valence-corrected chi connectivity index (χ4v) is 2.99. The van der Waals surface area contributed by atoms with Crippen LogP contribution in [0.3, 0.4) is 0 Å². The number of methoxy groups -OCH3 is 1. The summed E-state index contributed by atoms with van der Waals surface area (Å²) in [4.78, 5) is 38.7. The summed E-state index contributed by atoms with van der Waals surface area (Å²) in [7, 11) is 1.02. The van der Waals surface area contributed by atoms with Crippen LogP contribution >= 0.6 is 0 Å². The molecule has 0 aromatic rings. The maximum absolute atomic E-state index is 12.2. The molecular formula is C13H19N3O8. The SMILES string of the molecule is CO[C@H]1O[C@H](CN=[N+]=[N-])[C@](O)(C(C)=O)[C@@](O)(C(C)=O)[C@]1(O)C(C)=O. The quantitative estimate of drug-likeness (QED) is 0.299. The van der Waals surface area contributed by atoms with Crippen molar-refractivity contribution >= 4 is 17.3 Å². The number of ketones is 3. The second kappa shape index (κ2) is 6.55. The van der Waals surface area contributed by atoms with Crippen LogP contribution in [0.25, 0.3) is 10.4 Å². The summed E-state index contributed by atoms with van der Waals surface area (Å²) in [5.41, 5.74) is -0.976. The van der Waals surface area contributed by atoms with Crippen LogP contribution in [-0.2, 0) is 23.9 Å². The number of azide groups is 1. The Bertz CT molecular complexity index is 618. The molecule has 0 aromatic heterocycles. The Labute approximate surface area is 136 Å². The van der Waals surface area contributed by atoms with E-state index in [-0.39, 0.29) is 0 Å². The number of rotatable bonds is 6. The molecule has 0 aliphatic carbocycles. The van der Waals surface area contributed by atoms with E-state index < -0.39 is 53.1 Å². The highest BCUT2D eigenvalue weighted by molar-refractivity contribution is 6.05. The van der Waals surface area contributed by atoms with Gasteiger partial charge in [-0.15, -0.1) is 0 Å². The lowest BCUT2D eigenvalue weighted by atomic mass is 9.61. The maximum Gasteiger partial charge on any atom is 0.213 e. The predicted molar refractivity (Wildman–Crippen MR) is 76.6 cm³/mol. The Morgan fingerprint density at radius 2 is 1.62 bits per heavy atom. The van der Waals surface area contributed by atoms with Crippen molar-refractivity contribution in [3.63, 3.8) is 0 Å². The minimum absolute atomic E-state index is 0.671. The van der Waals surface area contributed by atoms with E-state index >= 15 is 0 Å². The van der Waals surface area contributed by atoms with E-state index in [4.69, 9.17) is 15.0 Å². The van der Waals surface area contributed by atoms with Gasteiger partial charge in [0.05, 0.1) is 6.54 Å². The first-order valence-electron chi connectivity index (χ1n) is 6.85. The number of Topliss-reactive ketones (excluding diaryl/α,β-unsaturated/α-hetero) is 3. The van der Waals surface area contributed by atoms with E-state index in [9.17, 15) is 29.7 Å². The van der Waals surface area contributed by atoms with Crippen molar-refractivity contribution in [2.75, 3.05) is 13.7 Å². The topological polar surface area (TPSA) is 179 Å². The molecule has 11 nitrogen and oxygen atoms in total. The predicted octanol–water partition coefficient (Wildman–Crippen LogP) is -1.37. The Balaban J connectivity index is 3.81. The molecule has 3 N–H and O–H groups in total. The van der Waals surface area contributed by atoms with Crippen LogP contribution in [0, 0.1) is 0 Å². The summed E-state index contributed by atoms with van der Waals surface area (Å²) >= 11 is 0. The van der Waals surface area contributed by atoms with E-state index in [0.717, 1.165) is 27.9 Å². The molecule has 0 bridgehead atoms. The highest BCUT2D eigenvalue weighted by Crippen LogP contribution is 2.46. The second-order valence-corrected chi connectivity index (χ2v) is 5.52. The summed E-state index contributed by atoms with van der Waals surface area (Å²) in [5.74, 6) is -3.62. The molecule has 1 heterocycles. The van der Waals surface area contributed by atoms with Crippen LogP contribution in [0.15, 0.2) is 5.11 Å². The molecule has 0 amide bonds. The third-order valence-corrected chi connectivity index (χ3v) is 4.31. The number of hydrogen-bond donors (Lipinski definition) is 3. The summed E-state index contributed by atoms with van der Waals surface area (Å²) < 4.78 is 10.0. The fourth-order valence-electron chi connectivity index (χ4n) is 2.99. The van der Waals surface area contributed by atoms with Crippen LogP contribution in [-0.4, -0.2) is 75.5 Å². The fraction of sp³-hybridized carbons (Fsp3) is 0.769. The van der Waals surface area contributed by atoms with Crippen LogP contribution in [0.5, 0.6) is 0 Å². The smallest absolute Gasteiger partial charge is 0.213 e. The van der Waals surface area contributed by atoms with Gasteiger partial charge in [-0.2, -0.15) is 0 Å². The number of carbonyl (C=O) groups excluding carboxylic acids is 3. The highest BCUT2D eigenvalue weighted by atomic mass is 16.7. The lowest BCUT2D eigenvalue weighted by molar-refractivity contribution is -0.359. The van der Waals surface area contributed by atoms with Gasteiger partial charge in [-0.25, -0.2) is 0 Å². The summed E-state index contributed by atoms with van der Waals surface area (Å²) in [6, 6.07) is 0. The second-order valence-electron chi connectivity index (χ2n) is 5.52. The zero-order chi connectivity index (χ0) is 18.9. The summed E-state index contributed by atoms with van der Waals surface area (Å²) in [6.07, 6.45) is -3.65. The number of hydrogen-bond acceptors (Lipinski definition) is 9. The van der Waals surface area contributed by atoms with Crippen molar-refractivity contribution in [2.45, 2.75) is 50.0 Å². The highest BCUT2D eigenvalue weighted by Gasteiger charge is 2.78. The standard InChI is InChI=1S/C13H19N3O8/c1-6(17)11(20)9(5-15-16-14)24-10(23-4)12(21,7(2)18)13(11,22)8(3)19/h9-10,20-22H,5H2,1-4H3/t9-,10+,11-,12+,13+/m1/s1. The van der Waals surface area contributed by atoms with Crippen molar-refractivity contribution < 1.29 is 39.2 Å². The molecule has 1 fully saturated rings. The molecule has 1 aliphatic rings. The Morgan fingerprint density at radius 1 is 1.12 bits per heavy atom. The first-order valence-corrected chi connectivity index (χ1v) is 6.85. The van der Waals surface area contributed by atoms with E-state index in [1.807, 2.05) is 0 Å². The first kappa shape index (κ1) is 20.2. The minimum atomic E-state index is -3.29. The van der Waals surface area contributed by atoms with Gasteiger partial charge in [-0.1, -0.05) is 5.11 Å². The largest absolute Gasteiger partial charge is 0.376 e. The summed E-state index contributed by atoms with van der Waals surface area (Å²) in [6.45, 7) is 1.77. The van der Waals surface area contributed by atoms with Gasteiger partial charge in [0.1, 0.15) is 6.10 Å². The van der Waals surface area contributed by atoms with Gasteiger partial charge in [0.15, 0.2) is 29.2 Å². The number of aliphatic hydroxyl groups is 3. The van der Waals surface area contributed by atoms with E-state index in [0.29, 0.717) is 0 Å². The monoisotopic (exact) mass is 345 g/mol. The van der Waals surface area contributed by atoms with E-state index in [2.05, 4.69) is 10.0 Å². The Hall–Kier alpha value is -1.88. The summed E-state index contributed by atoms with van der Waals surface area (Å²) in [5, 5.41) is 35.6. The van der Waals surface area contributed by atoms with E-state index in [1.165, 1.54) is 0 Å². The van der Waals surface area contributed by atoms with Crippen molar-refractivity contribution in [2.24, 2.45) is 5.11 Å². The number of nitrogens with zero attached hydrogens (tertiary/aromatic N) is 3. The third kappa shape index (κ3) is 2.34. The molecule has 0 radical (unpaired) electrons. The van der Waals surface area contributed by atoms with Crippen molar-refractivity contribution in [3.05, 3.63) is 10.4 Å². The van der Waals surface area contributed by atoms with Gasteiger partial charge < -0.3 is 24.8 Å². The average molecular weight is 345 g/mol. The van der Waals surface area contributed by atoms with Gasteiger partial charge >= 0.3 is 0 Å². The molecule has 5 atom stereocenters. The van der Waals surface area contributed by atoms with Gasteiger partial charge in [0.2, 0.25) is 11.2 Å². The van der Waals surface area contributed by atoms with Crippen molar-refractivity contribution in [3.8, 4) is 0 Å². The molecule has 11 heteroatoms. The molecule has 0 unspecified atom stereocenters. The lowest BCUT2D eigenvalue weighted by Gasteiger charge is -2.57. The Morgan fingerprint density at radius 3 is 1.96 bits per heavy atom. The van der Waals surface area contributed by atoms with Gasteiger partial charge in [-0.3, -0.25) is 14.4 Å². The Kier molecular flexibility index (Phi) is 5.51. The molecule has 134 valence electrons. The van der Waals surface area contributed by atoms with E-state index in [1.54, 1.807) is 0 Å². The first-order chi connectivity index (χ1) is 11.0.